The fourth-order valence-electron chi connectivity index (χ4n) is 3.11. The van der Waals surface area contributed by atoms with E-state index in [4.69, 9.17) is 4.52 Å². The molecule has 0 unspecified atom stereocenters. The van der Waals surface area contributed by atoms with Crippen LogP contribution in [0.1, 0.15) is 25.2 Å². The zero-order chi connectivity index (χ0) is 17.8. The van der Waals surface area contributed by atoms with Crippen LogP contribution in [0, 0.1) is 0 Å². The van der Waals surface area contributed by atoms with E-state index in [9.17, 15) is 4.79 Å². The molecule has 6 nitrogen and oxygen atoms in total. The third kappa shape index (κ3) is 3.77. The monoisotopic (exact) mass is 368 g/mol. The lowest BCUT2D eigenvalue weighted by atomic mass is 10.2. The van der Waals surface area contributed by atoms with E-state index in [0.717, 1.165) is 29.3 Å². The van der Waals surface area contributed by atoms with Gasteiger partial charge in [0.1, 0.15) is 0 Å². The largest absolute Gasteiger partial charge is 0.370 e. The molecule has 0 atom stereocenters. The van der Waals surface area contributed by atoms with Crippen LogP contribution < -0.4 is 10.2 Å². The number of aryl methyl sites for hydroxylation is 1. The average molecular weight is 368 g/mol. The second kappa shape index (κ2) is 7.70. The van der Waals surface area contributed by atoms with E-state index in [0.29, 0.717) is 24.6 Å². The smallest absolute Gasteiger partial charge is 0.227 e. The molecule has 0 bridgehead atoms. The number of hydrogen-bond donors (Lipinski definition) is 1. The van der Waals surface area contributed by atoms with Gasteiger partial charge >= 0.3 is 0 Å². The van der Waals surface area contributed by atoms with Gasteiger partial charge in [0.15, 0.2) is 0 Å². The summed E-state index contributed by atoms with van der Waals surface area (Å²) >= 11 is 1.56. The summed E-state index contributed by atoms with van der Waals surface area (Å²) in [6.07, 6.45) is 3.13. The maximum Gasteiger partial charge on any atom is 0.227 e. The van der Waals surface area contributed by atoms with Crippen molar-refractivity contribution in [3.8, 4) is 10.7 Å². The van der Waals surface area contributed by atoms with Crippen LogP contribution in [0.3, 0.4) is 0 Å². The number of thiophene rings is 1. The Morgan fingerprint density at radius 2 is 2.04 bits per heavy atom. The summed E-state index contributed by atoms with van der Waals surface area (Å²) in [5, 5.41) is 8.97. The first-order valence-electron chi connectivity index (χ1n) is 8.80. The molecule has 4 rings (SSSR count). The van der Waals surface area contributed by atoms with Crippen molar-refractivity contribution in [1.29, 1.82) is 0 Å². The fraction of sp³-hybridized carbons (Fsp3) is 0.316. The van der Waals surface area contributed by atoms with Crippen LogP contribution in [0.5, 0.6) is 0 Å². The van der Waals surface area contributed by atoms with Crippen molar-refractivity contribution in [2.75, 3.05) is 23.3 Å². The minimum atomic E-state index is -0.0486. The van der Waals surface area contributed by atoms with Crippen LogP contribution in [0.4, 0.5) is 11.4 Å². The molecule has 1 N–H and O–H groups in total. The lowest BCUT2D eigenvalue weighted by Gasteiger charge is -2.21. The van der Waals surface area contributed by atoms with Crippen molar-refractivity contribution in [2.45, 2.75) is 25.7 Å². The molecule has 1 aliphatic rings. The summed E-state index contributed by atoms with van der Waals surface area (Å²) in [7, 11) is 0. The van der Waals surface area contributed by atoms with E-state index in [2.05, 4.69) is 26.4 Å². The van der Waals surface area contributed by atoms with Gasteiger partial charge in [0.05, 0.1) is 16.3 Å². The number of carbonyl (C=O) groups excluding carboxylic acids is 1. The maximum absolute atomic E-state index is 12.4. The number of benzene rings is 1. The minimum Gasteiger partial charge on any atom is -0.370 e. The highest BCUT2D eigenvalue weighted by molar-refractivity contribution is 7.13. The Labute approximate surface area is 155 Å². The van der Waals surface area contributed by atoms with Crippen LogP contribution in [-0.2, 0) is 11.2 Å². The molecule has 26 heavy (non-hydrogen) atoms. The quantitative estimate of drug-likeness (QED) is 0.713. The molecule has 2 aromatic heterocycles. The summed E-state index contributed by atoms with van der Waals surface area (Å²) in [5.74, 6) is 1.01. The average Bonchev–Trinajstić information content (AvgIpc) is 3.42. The predicted molar refractivity (Wildman–Crippen MR) is 102 cm³/mol. The van der Waals surface area contributed by atoms with Gasteiger partial charge < -0.3 is 14.7 Å². The molecule has 1 fully saturated rings. The lowest BCUT2D eigenvalue weighted by Crippen LogP contribution is -2.21. The first-order chi connectivity index (χ1) is 12.8. The predicted octanol–water partition coefficient (Wildman–Crippen LogP) is 3.97. The number of anilines is 2. The Hall–Kier alpha value is -2.67. The molecule has 0 radical (unpaired) electrons. The number of hydrogen-bond acceptors (Lipinski definition) is 6. The van der Waals surface area contributed by atoms with E-state index in [-0.39, 0.29) is 5.91 Å². The number of amides is 1. The van der Waals surface area contributed by atoms with Crippen LogP contribution in [0.2, 0.25) is 0 Å². The number of carbonyl (C=O) groups is 1. The second-order valence-electron chi connectivity index (χ2n) is 6.25. The summed E-state index contributed by atoms with van der Waals surface area (Å²) in [6, 6.07) is 11.9. The summed E-state index contributed by atoms with van der Waals surface area (Å²) in [6.45, 7) is 2.08. The molecule has 0 saturated carbocycles. The van der Waals surface area contributed by atoms with E-state index in [1.165, 1.54) is 12.8 Å². The van der Waals surface area contributed by atoms with Gasteiger partial charge in [-0.25, -0.2) is 0 Å². The highest BCUT2D eigenvalue weighted by Gasteiger charge is 2.17. The van der Waals surface area contributed by atoms with Gasteiger partial charge in [-0.15, -0.1) is 11.3 Å². The van der Waals surface area contributed by atoms with E-state index in [1.54, 1.807) is 11.3 Å². The van der Waals surface area contributed by atoms with Gasteiger partial charge in [-0.1, -0.05) is 23.4 Å². The van der Waals surface area contributed by atoms with Gasteiger partial charge in [-0.3, -0.25) is 4.79 Å². The molecule has 1 aromatic carbocycles. The third-order valence-corrected chi connectivity index (χ3v) is 5.27. The zero-order valence-corrected chi connectivity index (χ0v) is 15.2. The van der Waals surface area contributed by atoms with E-state index < -0.39 is 0 Å². The normalized spacial score (nSPS) is 13.9. The van der Waals surface area contributed by atoms with E-state index in [1.807, 2.05) is 35.7 Å². The first kappa shape index (κ1) is 16.8. The van der Waals surface area contributed by atoms with Crippen molar-refractivity contribution >= 4 is 28.6 Å². The molecule has 3 heterocycles. The fourth-order valence-corrected chi connectivity index (χ4v) is 3.76. The molecule has 134 valence electrons. The van der Waals surface area contributed by atoms with Crippen LogP contribution in [-0.4, -0.2) is 29.1 Å². The van der Waals surface area contributed by atoms with Gasteiger partial charge in [-0.2, -0.15) is 4.98 Å². The Kier molecular flexibility index (Phi) is 4.97. The van der Waals surface area contributed by atoms with Crippen LogP contribution >= 0.6 is 11.3 Å². The molecular weight excluding hydrogens is 348 g/mol. The molecule has 1 aliphatic heterocycles. The van der Waals surface area contributed by atoms with Crippen molar-refractivity contribution in [3.05, 3.63) is 47.7 Å². The maximum atomic E-state index is 12.4. The Balaban J connectivity index is 1.36. The van der Waals surface area contributed by atoms with Gasteiger partial charge in [0.2, 0.25) is 17.6 Å². The summed E-state index contributed by atoms with van der Waals surface area (Å²) in [5.41, 5.74) is 1.96. The molecule has 1 saturated heterocycles. The summed E-state index contributed by atoms with van der Waals surface area (Å²) in [4.78, 5) is 20.0. The molecule has 3 aromatic rings. The first-order valence-corrected chi connectivity index (χ1v) is 9.68. The highest BCUT2D eigenvalue weighted by Crippen LogP contribution is 2.28. The molecular formula is C19H20N4O2S. The number of nitrogens with zero attached hydrogens (tertiary/aromatic N) is 3. The molecule has 7 heteroatoms. The summed E-state index contributed by atoms with van der Waals surface area (Å²) < 4.78 is 5.25. The number of nitrogens with one attached hydrogen (secondary N) is 1. The number of aromatic nitrogens is 2. The van der Waals surface area contributed by atoms with Crippen LogP contribution in [0.25, 0.3) is 10.7 Å². The van der Waals surface area contributed by atoms with Crippen molar-refractivity contribution < 1.29 is 9.32 Å². The number of para-hydroxylation sites is 2. The Bertz CT molecular complexity index is 869. The zero-order valence-electron chi connectivity index (χ0n) is 14.4. The highest BCUT2D eigenvalue weighted by atomic mass is 32.1. The van der Waals surface area contributed by atoms with Crippen molar-refractivity contribution in [1.82, 2.24) is 10.1 Å². The van der Waals surface area contributed by atoms with Crippen molar-refractivity contribution in [2.24, 2.45) is 0 Å². The van der Waals surface area contributed by atoms with Gasteiger partial charge in [0, 0.05) is 25.9 Å². The standard InChI is InChI=1S/C19H20N4O2S/c24-17(9-10-18-21-19(22-25-18)16-8-5-13-26-16)20-14-6-1-2-7-15(14)23-11-3-4-12-23/h1-2,5-8,13H,3-4,9-12H2,(H,20,24). The van der Waals surface area contributed by atoms with Crippen LogP contribution in [0.15, 0.2) is 46.3 Å². The van der Waals surface area contributed by atoms with E-state index >= 15 is 0 Å². The lowest BCUT2D eigenvalue weighted by molar-refractivity contribution is -0.116. The Morgan fingerprint density at radius 1 is 1.19 bits per heavy atom. The molecule has 1 amide bonds. The Morgan fingerprint density at radius 3 is 2.85 bits per heavy atom. The van der Waals surface area contributed by atoms with Gasteiger partial charge in [-0.05, 0) is 36.4 Å². The van der Waals surface area contributed by atoms with Gasteiger partial charge in [0.25, 0.3) is 0 Å². The SMILES string of the molecule is O=C(CCc1nc(-c2cccs2)no1)Nc1ccccc1N1CCCC1. The van der Waals surface area contributed by atoms with Crippen molar-refractivity contribution in [3.63, 3.8) is 0 Å². The number of rotatable bonds is 6. The topological polar surface area (TPSA) is 71.3 Å². The third-order valence-electron chi connectivity index (χ3n) is 4.40. The molecule has 0 spiro atoms. The molecule has 0 aliphatic carbocycles. The second-order valence-corrected chi connectivity index (χ2v) is 7.20. The minimum absolute atomic E-state index is 0.0486.